The first-order valence-electron chi connectivity index (χ1n) is 9.38. The molecule has 0 spiro atoms. The first kappa shape index (κ1) is 19.7. The summed E-state index contributed by atoms with van der Waals surface area (Å²) in [5, 5.41) is 29.7. The van der Waals surface area contributed by atoms with Crippen molar-refractivity contribution in [3.63, 3.8) is 0 Å². The Bertz CT molecular complexity index is 1070. The molecule has 3 heterocycles. The lowest BCUT2D eigenvalue weighted by Gasteiger charge is -2.13. The average Bonchev–Trinajstić information content (AvgIpc) is 3.25. The van der Waals surface area contributed by atoms with E-state index in [1.54, 1.807) is 4.68 Å². The topological polar surface area (TPSA) is 125 Å². The fourth-order valence-electron chi connectivity index (χ4n) is 3.39. The Morgan fingerprint density at radius 2 is 2.21 bits per heavy atom. The first-order valence-corrected chi connectivity index (χ1v) is 10.2. The summed E-state index contributed by atoms with van der Waals surface area (Å²) >= 11 is 3.47. The molecule has 0 aliphatic carbocycles. The van der Waals surface area contributed by atoms with Crippen LogP contribution in [0.1, 0.15) is 30.5 Å². The van der Waals surface area contributed by atoms with Gasteiger partial charge in [-0.05, 0) is 30.2 Å². The van der Waals surface area contributed by atoms with E-state index < -0.39 is 12.0 Å². The predicted octanol–water partition coefficient (Wildman–Crippen LogP) is 1.85. The van der Waals surface area contributed by atoms with Crippen LogP contribution in [0, 0.1) is 0 Å². The van der Waals surface area contributed by atoms with Crippen molar-refractivity contribution in [3.05, 3.63) is 40.1 Å². The number of halogens is 1. The molecule has 2 atom stereocenters. The average molecular weight is 461 g/mol. The van der Waals surface area contributed by atoms with E-state index in [4.69, 9.17) is 5.11 Å². The molecule has 4 rings (SSSR count). The van der Waals surface area contributed by atoms with Gasteiger partial charge in [-0.1, -0.05) is 22.9 Å². The van der Waals surface area contributed by atoms with E-state index in [1.165, 1.54) is 0 Å². The van der Waals surface area contributed by atoms with Crippen LogP contribution in [0.25, 0.3) is 11.0 Å². The monoisotopic (exact) mass is 460 g/mol. The standard InChI is InChI=1S/C19H21BrN6O3/c1-2-5-26-8-13-16(15-12-6-10(20)3-4-14(12)22-18(15)29)23-19(24-17(13)25-26)21-7-11(28)9-27/h3-4,6,8,11,15,27-28H,2,5,7,9H2,1H3,(H,22,29)(H,21,24,25)/t11-,15?/m0/s1. The Balaban J connectivity index is 1.83. The molecule has 1 aromatic carbocycles. The fourth-order valence-corrected chi connectivity index (χ4v) is 3.77. The summed E-state index contributed by atoms with van der Waals surface area (Å²) in [5.41, 5.74) is 2.60. The van der Waals surface area contributed by atoms with Crippen LogP contribution >= 0.6 is 15.9 Å². The largest absolute Gasteiger partial charge is 0.394 e. The van der Waals surface area contributed by atoms with Gasteiger partial charge >= 0.3 is 0 Å². The lowest BCUT2D eigenvalue weighted by Crippen LogP contribution is -2.24. The number of carbonyl (C=O) groups is 1. The highest BCUT2D eigenvalue weighted by Crippen LogP contribution is 2.40. The van der Waals surface area contributed by atoms with Crippen LogP contribution in [0.3, 0.4) is 0 Å². The summed E-state index contributed by atoms with van der Waals surface area (Å²) in [6.07, 6.45) is 1.83. The number of nitrogens with zero attached hydrogens (tertiary/aromatic N) is 4. The fraction of sp³-hybridized carbons (Fsp3) is 0.368. The zero-order valence-corrected chi connectivity index (χ0v) is 17.3. The minimum Gasteiger partial charge on any atom is -0.394 e. The second kappa shape index (κ2) is 8.05. The highest BCUT2D eigenvalue weighted by Gasteiger charge is 2.35. The molecule has 1 unspecified atom stereocenters. The van der Waals surface area contributed by atoms with Gasteiger partial charge in [-0.2, -0.15) is 10.1 Å². The van der Waals surface area contributed by atoms with Gasteiger partial charge in [0.1, 0.15) is 5.92 Å². The molecule has 4 N–H and O–H groups in total. The Morgan fingerprint density at radius 3 is 2.97 bits per heavy atom. The van der Waals surface area contributed by atoms with Gasteiger partial charge in [0.15, 0.2) is 5.65 Å². The zero-order valence-electron chi connectivity index (χ0n) is 15.8. The third-order valence-corrected chi connectivity index (χ3v) is 5.23. The second-order valence-electron chi connectivity index (χ2n) is 6.93. The number of aliphatic hydroxyl groups excluding tert-OH is 2. The lowest BCUT2D eigenvalue weighted by molar-refractivity contribution is -0.116. The number of benzene rings is 1. The number of rotatable bonds is 7. The van der Waals surface area contributed by atoms with E-state index >= 15 is 0 Å². The summed E-state index contributed by atoms with van der Waals surface area (Å²) in [6, 6.07) is 5.64. The summed E-state index contributed by atoms with van der Waals surface area (Å²) in [5.74, 6) is -0.517. The molecule has 0 saturated heterocycles. The van der Waals surface area contributed by atoms with Crippen molar-refractivity contribution < 1.29 is 15.0 Å². The molecule has 0 bridgehead atoms. The van der Waals surface area contributed by atoms with Gasteiger partial charge in [0.05, 0.1) is 23.8 Å². The minimum atomic E-state index is -0.943. The number of aryl methyl sites for hydroxylation is 1. The SMILES string of the molecule is CCCn1cc2c(C3C(=O)Nc4ccc(Br)cc43)nc(NC[C@H](O)CO)nc2n1. The van der Waals surface area contributed by atoms with Gasteiger partial charge in [-0.3, -0.25) is 9.48 Å². The van der Waals surface area contributed by atoms with E-state index in [0.717, 1.165) is 28.7 Å². The molecule has 0 fully saturated rings. The van der Waals surface area contributed by atoms with Crippen molar-refractivity contribution in [2.75, 3.05) is 23.8 Å². The summed E-state index contributed by atoms with van der Waals surface area (Å²) in [7, 11) is 0. The van der Waals surface area contributed by atoms with Gasteiger partial charge in [0.25, 0.3) is 0 Å². The van der Waals surface area contributed by atoms with Crippen LogP contribution in [0.4, 0.5) is 11.6 Å². The van der Waals surface area contributed by atoms with E-state index in [9.17, 15) is 9.90 Å². The molecule has 0 radical (unpaired) electrons. The van der Waals surface area contributed by atoms with Crippen molar-refractivity contribution in [3.8, 4) is 0 Å². The van der Waals surface area contributed by atoms with E-state index in [0.29, 0.717) is 16.7 Å². The number of nitrogens with one attached hydrogen (secondary N) is 2. The number of aliphatic hydroxyl groups is 2. The van der Waals surface area contributed by atoms with E-state index in [-0.39, 0.29) is 25.0 Å². The molecule has 0 saturated carbocycles. The molecule has 1 amide bonds. The highest BCUT2D eigenvalue weighted by molar-refractivity contribution is 9.10. The Hall–Kier alpha value is -2.56. The molecule has 1 aliphatic heterocycles. The van der Waals surface area contributed by atoms with Crippen molar-refractivity contribution in [2.45, 2.75) is 31.9 Å². The number of fused-ring (bicyclic) bond motifs is 2. The zero-order chi connectivity index (χ0) is 20.5. The number of carbonyl (C=O) groups excluding carboxylic acids is 1. The third kappa shape index (κ3) is 3.83. The Kier molecular flexibility index (Phi) is 5.48. The summed E-state index contributed by atoms with van der Waals surface area (Å²) in [6.45, 7) is 2.48. The smallest absolute Gasteiger partial charge is 0.238 e. The molecule has 10 heteroatoms. The van der Waals surface area contributed by atoms with Crippen molar-refractivity contribution >= 4 is 44.5 Å². The molecule has 9 nitrogen and oxygen atoms in total. The number of amides is 1. The van der Waals surface area contributed by atoms with Gasteiger partial charge in [-0.15, -0.1) is 0 Å². The maximum Gasteiger partial charge on any atom is 0.238 e. The molecule has 1 aliphatic rings. The van der Waals surface area contributed by atoms with E-state index in [1.807, 2.05) is 24.4 Å². The first-order chi connectivity index (χ1) is 14.0. The molecular formula is C19H21BrN6O3. The second-order valence-corrected chi connectivity index (χ2v) is 7.85. The minimum absolute atomic E-state index is 0.0795. The summed E-state index contributed by atoms with van der Waals surface area (Å²) < 4.78 is 2.67. The number of hydrogen-bond donors (Lipinski definition) is 4. The van der Waals surface area contributed by atoms with Gasteiger partial charge in [0.2, 0.25) is 11.9 Å². The van der Waals surface area contributed by atoms with Crippen LogP contribution in [0.2, 0.25) is 0 Å². The predicted molar refractivity (Wildman–Crippen MR) is 112 cm³/mol. The summed E-state index contributed by atoms with van der Waals surface area (Å²) in [4.78, 5) is 21.9. The quantitative estimate of drug-likeness (QED) is 0.423. The number of hydrogen-bond acceptors (Lipinski definition) is 7. The van der Waals surface area contributed by atoms with Crippen molar-refractivity contribution in [1.29, 1.82) is 0 Å². The lowest BCUT2D eigenvalue weighted by atomic mass is 9.95. The third-order valence-electron chi connectivity index (χ3n) is 4.73. The van der Waals surface area contributed by atoms with Crippen molar-refractivity contribution in [1.82, 2.24) is 19.7 Å². The maximum absolute atomic E-state index is 12.8. The normalized spacial score (nSPS) is 16.7. The molecular weight excluding hydrogens is 440 g/mol. The molecule has 152 valence electrons. The molecule has 29 heavy (non-hydrogen) atoms. The van der Waals surface area contributed by atoms with Crippen LogP contribution in [0.15, 0.2) is 28.9 Å². The molecule has 2 aromatic heterocycles. The molecule has 3 aromatic rings. The van der Waals surface area contributed by atoms with E-state index in [2.05, 4.69) is 48.6 Å². The Morgan fingerprint density at radius 1 is 1.38 bits per heavy atom. The number of aromatic nitrogens is 4. The maximum atomic E-state index is 12.8. The van der Waals surface area contributed by atoms with Gasteiger partial charge < -0.3 is 20.8 Å². The van der Waals surface area contributed by atoms with Gasteiger partial charge in [-0.25, -0.2) is 4.98 Å². The Labute approximate surface area is 175 Å². The van der Waals surface area contributed by atoms with Crippen LogP contribution < -0.4 is 10.6 Å². The van der Waals surface area contributed by atoms with Crippen LogP contribution in [0.5, 0.6) is 0 Å². The van der Waals surface area contributed by atoms with Gasteiger partial charge in [0, 0.05) is 29.4 Å². The van der Waals surface area contributed by atoms with Crippen LogP contribution in [-0.4, -0.2) is 55.1 Å². The highest BCUT2D eigenvalue weighted by atomic mass is 79.9. The van der Waals surface area contributed by atoms with Crippen LogP contribution in [-0.2, 0) is 11.3 Å². The van der Waals surface area contributed by atoms with Crippen molar-refractivity contribution in [2.24, 2.45) is 0 Å². The number of anilines is 2.